The predicted molar refractivity (Wildman–Crippen MR) is 158 cm³/mol. The maximum absolute atomic E-state index is 14.5. The van der Waals surface area contributed by atoms with Gasteiger partial charge in [-0.1, -0.05) is 24.3 Å². The van der Waals surface area contributed by atoms with E-state index in [4.69, 9.17) is 9.26 Å². The Morgan fingerprint density at radius 1 is 1.18 bits per heavy atom. The normalized spacial score (nSPS) is 17.7. The summed E-state index contributed by atoms with van der Waals surface area (Å²) < 4.78 is 57.6. The molecule has 2 aromatic carbocycles. The fraction of sp³-hybridized carbons (Fsp3) is 0.400. The van der Waals surface area contributed by atoms with Crippen LogP contribution in [-0.2, 0) is 41.2 Å². The molecular weight excluding hydrogens is 615 g/mol. The summed E-state index contributed by atoms with van der Waals surface area (Å²) in [7, 11) is -4.56. The lowest BCUT2D eigenvalue weighted by Crippen LogP contribution is -2.46. The van der Waals surface area contributed by atoms with Gasteiger partial charge in [0.2, 0.25) is 18.6 Å². The number of ketones is 1. The number of hydrogen-bond donors (Lipinski definition) is 2. The summed E-state index contributed by atoms with van der Waals surface area (Å²) in [5, 5.41) is 2.73. The van der Waals surface area contributed by atoms with Crippen LogP contribution in [0.3, 0.4) is 0 Å². The Balaban J connectivity index is 1.53. The summed E-state index contributed by atoms with van der Waals surface area (Å²) in [5.41, 5.74) is 1.08. The number of benzene rings is 2. The molecule has 1 aliphatic heterocycles. The zero-order valence-electron chi connectivity index (χ0n) is 25.1. The molecule has 0 aliphatic carbocycles. The van der Waals surface area contributed by atoms with Crippen molar-refractivity contribution in [2.24, 2.45) is 0 Å². The molecule has 0 saturated carbocycles. The number of halogens is 2. The van der Waals surface area contributed by atoms with Crippen molar-refractivity contribution < 1.29 is 51.4 Å². The number of alkyl halides is 1. The van der Waals surface area contributed by atoms with Crippen LogP contribution in [0, 0.1) is 12.7 Å². The molecule has 0 radical (unpaired) electrons. The van der Waals surface area contributed by atoms with Crippen molar-refractivity contribution in [1.82, 2.24) is 14.8 Å². The minimum absolute atomic E-state index is 0.151. The molecule has 2 N–H and O–H groups in total. The molecule has 3 aromatic rings. The van der Waals surface area contributed by atoms with Gasteiger partial charge in [0, 0.05) is 35.7 Å². The Morgan fingerprint density at radius 2 is 1.91 bits per heavy atom. The predicted octanol–water partition coefficient (Wildman–Crippen LogP) is 3.89. The fourth-order valence-corrected chi connectivity index (χ4v) is 5.90. The molecule has 45 heavy (non-hydrogen) atoms. The van der Waals surface area contributed by atoms with Crippen LogP contribution < -0.4 is 10.6 Å². The second kappa shape index (κ2) is 13.9. The molecule has 2 amide bonds. The number of aromatic nitrogens is 1. The van der Waals surface area contributed by atoms with Gasteiger partial charge >= 0.3 is 13.8 Å². The van der Waals surface area contributed by atoms with E-state index in [9.17, 15) is 37.4 Å². The molecule has 1 unspecified atom stereocenters. The minimum Gasteiger partial charge on any atom is -0.432 e. The fourth-order valence-electron chi connectivity index (χ4n) is 5.00. The second-order valence-electron chi connectivity index (χ2n) is 10.9. The van der Waals surface area contributed by atoms with E-state index in [0.29, 0.717) is 10.9 Å². The Bertz CT molecular complexity index is 1680. The van der Waals surface area contributed by atoms with Gasteiger partial charge in [0.15, 0.2) is 5.78 Å². The van der Waals surface area contributed by atoms with Crippen LogP contribution >= 0.6 is 7.60 Å². The number of ether oxygens (including phenoxy) is 2. The molecule has 1 saturated heterocycles. The van der Waals surface area contributed by atoms with Crippen molar-refractivity contribution in [3.63, 3.8) is 0 Å². The van der Waals surface area contributed by atoms with E-state index in [1.54, 1.807) is 32.9 Å². The molecule has 2 heterocycles. The lowest BCUT2D eigenvalue weighted by atomic mass is 10.1. The van der Waals surface area contributed by atoms with Crippen LogP contribution in [0.2, 0.25) is 0 Å². The number of carbonyl (C=O) groups is 4. The van der Waals surface area contributed by atoms with E-state index in [2.05, 4.69) is 10.1 Å². The van der Waals surface area contributed by atoms with Crippen LogP contribution in [0.4, 0.5) is 13.6 Å². The topological polar surface area (TPSA) is 153 Å². The maximum atomic E-state index is 14.5. The largest absolute Gasteiger partial charge is 0.510 e. The number of aryl methyl sites for hydroxylation is 1. The Morgan fingerprint density at radius 3 is 2.60 bits per heavy atom. The zero-order valence-corrected chi connectivity index (χ0v) is 26.0. The molecule has 4 rings (SSSR count). The van der Waals surface area contributed by atoms with Crippen molar-refractivity contribution in [2.45, 2.75) is 65.5 Å². The third-order valence-corrected chi connectivity index (χ3v) is 8.60. The monoisotopic (exact) mass is 649 g/mol. The molecule has 15 heteroatoms. The van der Waals surface area contributed by atoms with Crippen molar-refractivity contribution >= 4 is 47.6 Å². The highest BCUT2D eigenvalue weighted by molar-refractivity contribution is 7.61. The number of likely N-dealkylation sites (tertiary alicyclic amines) is 1. The van der Waals surface area contributed by atoms with Crippen molar-refractivity contribution in [3.8, 4) is 0 Å². The SMILES string of the molecule is CC(=O)c1cn(CC(=O)N2C[C@H](F)C[C@H]2C(=O)NCc2cccc(C)c2F)c2cc(P(=O)(O)OCOC(=O)OC(C)C)ccc12. The van der Waals surface area contributed by atoms with E-state index in [0.717, 1.165) is 4.90 Å². The number of carbonyl (C=O) groups excluding carboxylic acids is 4. The Hall–Kier alpha value is -4.13. The molecule has 1 aromatic heterocycles. The van der Waals surface area contributed by atoms with Crippen LogP contribution in [0.25, 0.3) is 10.9 Å². The lowest BCUT2D eigenvalue weighted by molar-refractivity contribution is -0.139. The first-order chi connectivity index (χ1) is 21.2. The van der Waals surface area contributed by atoms with Gasteiger partial charge in [0.25, 0.3) is 0 Å². The summed E-state index contributed by atoms with van der Waals surface area (Å²) >= 11 is 0. The maximum Gasteiger partial charge on any atom is 0.510 e. The molecule has 1 aliphatic rings. The van der Waals surface area contributed by atoms with E-state index in [-0.39, 0.29) is 47.2 Å². The average molecular weight is 650 g/mol. The van der Waals surface area contributed by atoms with Crippen molar-refractivity contribution in [3.05, 3.63) is 65.1 Å². The van der Waals surface area contributed by atoms with Gasteiger partial charge in [-0.15, -0.1) is 0 Å². The van der Waals surface area contributed by atoms with Gasteiger partial charge < -0.3 is 29.2 Å². The highest BCUT2D eigenvalue weighted by Crippen LogP contribution is 2.41. The summed E-state index contributed by atoms with van der Waals surface area (Å²) in [6.45, 7) is 4.27. The number of hydrogen-bond acceptors (Lipinski definition) is 8. The van der Waals surface area contributed by atoms with Crippen LogP contribution in [-0.4, -0.2) is 69.8 Å². The standard InChI is InChI=1S/C30H34F2N3O9P/c1-17(2)44-30(39)42-16-43-45(40,41)22-8-9-23-24(19(4)36)14-34(25(23)11-22)15-27(37)35-13-21(31)10-26(35)29(38)33-12-20-7-5-6-18(3)28(20)32/h5-9,11,14,17,21,26H,10,12-13,15-16H2,1-4H3,(H,33,38)(H,40,41)/t21-,26+/m1/s1. The van der Waals surface area contributed by atoms with Gasteiger partial charge in [-0.3, -0.25) is 23.5 Å². The van der Waals surface area contributed by atoms with Crippen molar-refractivity contribution in [1.29, 1.82) is 0 Å². The molecule has 1 fully saturated rings. The Kier molecular flexibility index (Phi) is 10.4. The second-order valence-corrected chi connectivity index (χ2v) is 12.7. The highest BCUT2D eigenvalue weighted by Gasteiger charge is 2.40. The number of nitrogens with zero attached hydrogens (tertiary/aromatic N) is 2. The number of fused-ring (bicyclic) bond motifs is 1. The lowest BCUT2D eigenvalue weighted by Gasteiger charge is -2.24. The summed E-state index contributed by atoms with van der Waals surface area (Å²) in [5.74, 6) is -2.11. The summed E-state index contributed by atoms with van der Waals surface area (Å²) in [6, 6.07) is 7.52. The smallest absolute Gasteiger partial charge is 0.432 e. The van der Waals surface area contributed by atoms with Crippen LogP contribution in [0.5, 0.6) is 0 Å². The van der Waals surface area contributed by atoms with Crippen molar-refractivity contribution in [2.75, 3.05) is 13.3 Å². The molecule has 3 atom stereocenters. The summed E-state index contributed by atoms with van der Waals surface area (Å²) in [4.78, 5) is 62.0. The van der Waals surface area contributed by atoms with Gasteiger partial charge in [0.05, 0.1) is 23.5 Å². The Labute approximate surface area is 257 Å². The molecule has 0 spiro atoms. The first-order valence-electron chi connectivity index (χ1n) is 14.1. The third-order valence-electron chi connectivity index (χ3n) is 7.21. The summed E-state index contributed by atoms with van der Waals surface area (Å²) in [6.07, 6.45) is -1.90. The van der Waals surface area contributed by atoms with E-state index in [1.165, 1.54) is 42.0 Å². The number of Topliss-reactive ketones (excluding diaryl/α,β-unsaturated/α-hetero) is 1. The van der Waals surface area contributed by atoms with Gasteiger partial charge in [0.1, 0.15) is 24.6 Å². The number of amides is 2. The quantitative estimate of drug-likeness (QED) is 0.136. The number of nitrogens with one attached hydrogen (secondary N) is 1. The highest BCUT2D eigenvalue weighted by atomic mass is 31.2. The van der Waals surface area contributed by atoms with E-state index >= 15 is 0 Å². The minimum atomic E-state index is -4.56. The van der Waals surface area contributed by atoms with Gasteiger partial charge in [-0.2, -0.15) is 0 Å². The molecular formula is C30H34F2N3O9P. The molecule has 0 bridgehead atoms. The van der Waals surface area contributed by atoms with Crippen LogP contribution in [0.1, 0.15) is 48.7 Å². The van der Waals surface area contributed by atoms with E-state index < -0.39 is 63.0 Å². The van der Waals surface area contributed by atoms with Crippen LogP contribution in [0.15, 0.2) is 42.6 Å². The molecule has 242 valence electrons. The van der Waals surface area contributed by atoms with Gasteiger partial charge in [-0.05, 0) is 45.4 Å². The first-order valence-corrected chi connectivity index (χ1v) is 15.7. The van der Waals surface area contributed by atoms with E-state index in [1.807, 2.05) is 0 Å². The van der Waals surface area contributed by atoms with Gasteiger partial charge in [-0.25, -0.2) is 13.6 Å². The molecule has 12 nitrogen and oxygen atoms in total. The third kappa shape index (κ3) is 7.94. The number of rotatable bonds is 11. The zero-order chi connectivity index (χ0) is 33.1. The average Bonchev–Trinajstić information content (AvgIpc) is 3.53. The first kappa shape index (κ1) is 33.8.